The van der Waals surface area contributed by atoms with Crippen LogP contribution in [-0.2, 0) is 23.5 Å². The Labute approximate surface area is 244 Å². The molecular formula is C33H48F3N3O2. The summed E-state index contributed by atoms with van der Waals surface area (Å²) in [7, 11) is 0. The zero-order chi connectivity index (χ0) is 28.9. The number of nitrogens with zero attached hydrogens (tertiary/aromatic N) is 3. The van der Waals surface area contributed by atoms with Gasteiger partial charge in [0.2, 0.25) is 11.8 Å². The fourth-order valence-corrected chi connectivity index (χ4v) is 5.67. The van der Waals surface area contributed by atoms with E-state index >= 15 is 8.78 Å². The van der Waals surface area contributed by atoms with Crippen molar-refractivity contribution >= 4 is 0 Å². The highest BCUT2D eigenvalue weighted by Gasteiger charge is 2.50. The number of aromatic nitrogens is 3. The van der Waals surface area contributed by atoms with E-state index in [4.69, 9.17) is 9.47 Å². The lowest BCUT2D eigenvalue weighted by atomic mass is 9.80. The lowest BCUT2D eigenvalue weighted by Crippen LogP contribution is -2.33. The fourth-order valence-electron chi connectivity index (χ4n) is 5.67. The first-order chi connectivity index (χ1) is 20.0. The van der Waals surface area contributed by atoms with Crippen molar-refractivity contribution in [3.63, 3.8) is 0 Å². The van der Waals surface area contributed by atoms with Gasteiger partial charge >= 0.3 is 0 Å². The van der Waals surface area contributed by atoms with Gasteiger partial charge < -0.3 is 9.47 Å². The molecule has 2 aromatic rings. The molecule has 1 fully saturated rings. The van der Waals surface area contributed by atoms with E-state index < -0.39 is 23.4 Å². The fraction of sp³-hybridized carbons (Fsp3) is 0.727. The minimum atomic E-state index is -3.45. The molecule has 5 nitrogen and oxygen atoms in total. The maximum absolute atomic E-state index is 15.5. The van der Waals surface area contributed by atoms with Crippen LogP contribution >= 0.6 is 0 Å². The van der Waals surface area contributed by atoms with E-state index in [1.807, 2.05) is 0 Å². The molecule has 1 unspecified atom stereocenters. The van der Waals surface area contributed by atoms with E-state index in [9.17, 15) is 4.39 Å². The summed E-state index contributed by atoms with van der Waals surface area (Å²) in [5.41, 5.74) is 0.557. The Morgan fingerprint density at radius 3 is 2.27 bits per heavy atom. The normalized spacial score (nSPS) is 17.9. The second kappa shape index (κ2) is 16.4. The molecule has 228 valence electrons. The summed E-state index contributed by atoms with van der Waals surface area (Å²) < 4.78 is 57.1. The van der Waals surface area contributed by atoms with Crippen LogP contribution in [0.15, 0.2) is 18.5 Å². The van der Waals surface area contributed by atoms with Crippen molar-refractivity contribution < 1.29 is 22.6 Å². The number of unbranched alkanes of at least 4 members (excludes halogenated alkanes) is 8. The lowest BCUT2D eigenvalue weighted by molar-refractivity contribution is -0.0501. The Hall–Kier alpha value is -2.22. The molecule has 0 saturated heterocycles. The Morgan fingerprint density at radius 2 is 1.54 bits per heavy atom. The first kappa shape index (κ1) is 31.7. The van der Waals surface area contributed by atoms with Gasteiger partial charge in [0.05, 0.1) is 18.1 Å². The Kier molecular flexibility index (Phi) is 12.7. The predicted octanol–water partition coefficient (Wildman–Crippen LogP) is 8.88. The van der Waals surface area contributed by atoms with Crippen LogP contribution < -0.4 is 4.74 Å². The zero-order valence-electron chi connectivity index (χ0n) is 24.8. The summed E-state index contributed by atoms with van der Waals surface area (Å²) in [6.07, 6.45) is 21.4. The topological polar surface area (TPSA) is 57.1 Å². The number of fused-ring (bicyclic) bond motifs is 1. The van der Waals surface area contributed by atoms with Gasteiger partial charge in [0.1, 0.15) is 5.82 Å². The molecule has 0 radical (unpaired) electrons. The molecule has 2 aromatic heterocycles. The van der Waals surface area contributed by atoms with Crippen molar-refractivity contribution in [1.82, 2.24) is 15.0 Å². The molecule has 1 atom stereocenters. The largest absolute Gasteiger partial charge is 0.478 e. The van der Waals surface area contributed by atoms with Crippen LogP contribution in [-0.4, -0.2) is 34.8 Å². The number of halogens is 3. The van der Waals surface area contributed by atoms with E-state index in [1.54, 1.807) is 12.4 Å². The summed E-state index contributed by atoms with van der Waals surface area (Å²) in [5, 5.41) is 0. The van der Waals surface area contributed by atoms with Gasteiger partial charge in [0.15, 0.2) is 0 Å². The second-order valence-corrected chi connectivity index (χ2v) is 11.9. The third-order valence-electron chi connectivity index (χ3n) is 8.39. The SMILES string of the molecule is CCCCOCCCCOc1cc2c(c(F)n1)C(F)(F)C(c1ncc(CCCCCCCCCC3CC3)cn1)CC2. The van der Waals surface area contributed by atoms with Gasteiger partial charge in [-0.2, -0.15) is 9.37 Å². The van der Waals surface area contributed by atoms with Gasteiger partial charge in [0, 0.05) is 31.7 Å². The molecule has 0 aromatic carbocycles. The van der Waals surface area contributed by atoms with E-state index in [1.165, 1.54) is 57.4 Å². The molecule has 2 heterocycles. The van der Waals surface area contributed by atoms with Gasteiger partial charge in [-0.1, -0.05) is 71.1 Å². The first-order valence-corrected chi connectivity index (χ1v) is 16.1. The third kappa shape index (κ3) is 9.93. The molecule has 0 amide bonds. The van der Waals surface area contributed by atoms with Gasteiger partial charge in [0.25, 0.3) is 5.92 Å². The number of hydrogen-bond donors (Lipinski definition) is 0. The van der Waals surface area contributed by atoms with Crippen LogP contribution in [0.25, 0.3) is 0 Å². The Balaban J connectivity index is 1.20. The molecule has 4 rings (SSSR count). The van der Waals surface area contributed by atoms with Crippen LogP contribution in [0.1, 0.15) is 132 Å². The predicted molar refractivity (Wildman–Crippen MR) is 155 cm³/mol. The van der Waals surface area contributed by atoms with E-state index in [0.717, 1.165) is 63.0 Å². The average molecular weight is 576 g/mol. The highest BCUT2D eigenvalue weighted by atomic mass is 19.3. The summed E-state index contributed by atoms with van der Waals surface area (Å²) in [5.74, 6) is -4.74. The van der Waals surface area contributed by atoms with Gasteiger partial charge in [-0.15, -0.1) is 0 Å². The smallest absolute Gasteiger partial charge is 0.287 e. The number of ether oxygens (including phenoxy) is 2. The first-order valence-electron chi connectivity index (χ1n) is 16.1. The van der Waals surface area contributed by atoms with Crippen LogP contribution in [0.2, 0.25) is 0 Å². The lowest BCUT2D eigenvalue weighted by Gasteiger charge is -2.32. The summed E-state index contributed by atoms with van der Waals surface area (Å²) in [6.45, 7) is 3.84. The van der Waals surface area contributed by atoms with Crippen LogP contribution in [0.5, 0.6) is 5.88 Å². The molecule has 41 heavy (non-hydrogen) atoms. The Bertz CT molecular complexity index is 1050. The van der Waals surface area contributed by atoms with Crippen molar-refractivity contribution in [2.45, 2.75) is 128 Å². The van der Waals surface area contributed by atoms with Crippen LogP contribution in [0.4, 0.5) is 13.2 Å². The highest BCUT2D eigenvalue weighted by Crippen LogP contribution is 2.49. The van der Waals surface area contributed by atoms with Crippen molar-refractivity contribution in [2.75, 3.05) is 19.8 Å². The van der Waals surface area contributed by atoms with Gasteiger partial charge in [-0.05, 0) is 62.0 Å². The van der Waals surface area contributed by atoms with Crippen LogP contribution in [0, 0.1) is 11.9 Å². The van der Waals surface area contributed by atoms with E-state index in [0.29, 0.717) is 19.6 Å². The molecule has 0 bridgehead atoms. The number of aryl methyl sites for hydroxylation is 2. The maximum Gasteiger partial charge on any atom is 0.287 e. The summed E-state index contributed by atoms with van der Waals surface area (Å²) in [4.78, 5) is 12.3. The molecule has 0 spiro atoms. The average Bonchev–Trinajstić information content (AvgIpc) is 3.78. The summed E-state index contributed by atoms with van der Waals surface area (Å²) >= 11 is 0. The Morgan fingerprint density at radius 1 is 0.854 bits per heavy atom. The van der Waals surface area contributed by atoms with Gasteiger partial charge in [-0.25, -0.2) is 18.7 Å². The molecule has 2 aliphatic rings. The number of hydrogen-bond acceptors (Lipinski definition) is 5. The molecule has 1 saturated carbocycles. The molecular weight excluding hydrogens is 527 g/mol. The minimum absolute atomic E-state index is 0.0524. The van der Waals surface area contributed by atoms with Crippen molar-refractivity contribution in [2.24, 2.45) is 5.92 Å². The standard InChI is InChI=1S/C33H48F3N3O2/c1-2-3-19-40-20-11-12-21-41-29-22-27-17-18-28(33(35,36)30(27)31(34)39-29)32-37-23-26(24-38-32)14-10-8-6-4-5-7-9-13-25-15-16-25/h22-25,28H,2-21H2,1H3. The maximum atomic E-state index is 15.5. The van der Waals surface area contributed by atoms with Crippen molar-refractivity contribution in [3.8, 4) is 5.88 Å². The second-order valence-electron chi connectivity index (χ2n) is 11.9. The number of alkyl halides is 2. The van der Waals surface area contributed by atoms with Crippen molar-refractivity contribution in [3.05, 3.63) is 46.9 Å². The summed E-state index contributed by atoms with van der Waals surface area (Å²) in [6, 6.07) is 1.46. The molecule has 0 aliphatic heterocycles. The minimum Gasteiger partial charge on any atom is -0.478 e. The monoisotopic (exact) mass is 575 g/mol. The molecule has 2 aliphatic carbocycles. The third-order valence-corrected chi connectivity index (χ3v) is 8.39. The van der Waals surface area contributed by atoms with Gasteiger partial charge in [-0.3, -0.25) is 0 Å². The van der Waals surface area contributed by atoms with Crippen LogP contribution in [0.3, 0.4) is 0 Å². The molecule has 0 N–H and O–H groups in total. The quantitative estimate of drug-likeness (QED) is 0.117. The number of rotatable bonds is 20. The van der Waals surface area contributed by atoms with Crippen molar-refractivity contribution in [1.29, 1.82) is 0 Å². The highest BCUT2D eigenvalue weighted by molar-refractivity contribution is 5.38. The zero-order valence-corrected chi connectivity index (χ0v) is 24.8. The van der Waals surface area contributed by atoms with E-state index in [-0.39, 0.29) is 23.7 Å². The molecule has 8 heteroatoms. The van der Waals surface area contributed by atoms with E-state index in [2.05, 4.69) is 21.9 Å². The number of pyridine rings is 1.